The van der Waals surface area contributed by atoms with E-state index in [1.165, 1.54) is 35.6 Å². The van der Waals surface area contributed by atoms with Crippen molar-refractivity contribution in [2.45, 2.75) is 19.3 Å². The van der Waals surface area contributed by atoms with Crippen LogP contribution in [0.4, 0.5) is 18.3 Å². The lowest BCUT2D eigenvalue weighted by Gasteiger charge is -2.09. The van der Waals surface area contributed by atoms with E-state index in [-0.39, 0.29) is 24.6 Å². The van der Waals surface area contributed by atoms with Gasteiger partial charge in [0.15, 0.2) is 5.13 Å². The fourth-order valence-corrected chi connectivity index (χ4v) is 4.79. The summed E-state index contributed by atoms with van der Waals surface area (Å²) in [7, 11) is 0. The second kappa shape index (κ2) is 12.3. The second-order valence-electron chi connectivity index (χ2n) is 8.23. The third-order valence-corrected chi connectivity index (χ3v) is 6.97. The van der Waals surface area contributed by atoms with E-state index < -0.39 is 12.3 Å². The van der Waals surface area contributed by atoms with Crippen molar-refractivity contribution in [3.05, 3.63) is 88.4 Å². The van der Waals surface area contributed by atoms with Crippen molar-refractivity contribution in [2.24, 2.45) is 0 Å². The maximum absolute atomic E-state index is 12.6. The van der Waals surface area contributed by atoms with E-state index >= 15 is 0 Å². The molecule has 0 spiro atoms. The molecule has 4 rings (SSSR count). The number of carboxylic acid groups (broad SMARTS) is 1. The third kappa shape index (κ3) is 8.04. The zero-order valence-corrected chi connectivity index (χ0v) is 22.5. The molecule has 0 saturated heterocycles. The molecule has 0 radical (unpaired) electrons. The highest BCUT2D eigenvalue weighted by atomic mass is 79.9. The highest BCUT2D eigenvalue weighted by Gasteiger charge is 2.31. The number of amides is 1. The van der Waals surface area contributed by atoms with Gasteiger partial charge in [-0.2, -0.15) is 0 Å². The Hall–Kier alpha value is -3.90. The number of carbonyl (C=O) groups excluding carboxylic acids is 1. The summed E-state index contributed by atoms with van der Waals surface area (Å²) >= 11 is 4.83. The number of nitrogens with zero attached hydrogens (tertiary/aromatic N) is 1. The summed E-state index contributed by atoms with van der Waals surface area (Å²) in [4.78, 5) is 28.3. The molecule has 1 amide bonds. The molecule has 4 aromatic rings. The molecule has 202 valence electrons. The van der Waals surface area contributed by atoms with Crippen molar-refractivity contribution in [1.29, 1.82) is 0 Å². The first-order valence-electron chi connectivity index (χ1n) is 11.5. The largest absolute Gasteiger partial charge is 0.573 e. The average Bonchev–Trinajstić information content (AvgIpc) is 3.32. The number of thiazole rings is 1. The Morgan fingerprint density at radius 3 is 2.21 bits per heavy atom. The summed E-state index contributed by atoms with van der Waals surface area (Å²) in [5.41, 5.74) is 3.43. The normalized spacial score (nSPS) is 11.2. The predicted molar refractivity (Wildman–Crippen MR) is 146 cm³/mol. The molecule has 0 aliphatic carbocycles. The number of ether oxygens (including phenoxy) is 1. The Kier molecular flexibility index (Phi) is 8.87. The van der Waals surface area contributed by atoms with Crippen molar-refractivity contribution >= 4 is 44.3 Å². The Labute approximate surface area is 233 Å². The van der Waals surface area contributed by atoms with Crippen LogP contribution >= 0.6 is 27.3 Å². The molecule has 3 aromatic carbocycles. The molecule has 7 nitrogen and oxygen atoms in total. The van der Waals surface area contributed by atoms with Gasteiger partial charge in [-0.1, -0.05) is 51.5 Å². The molecule has 39 heavy (non-hydrogen) atoms. The van der Waals surface area contributed by atoms with Gasteiger partial charge in [0.05, 0.1) is 17.0 Å². The Balaban J connectivity index is 1.51. The minimum absolute atomic E-state index is 0.0443. The summed E-state index contributed by atoms with van der Waals surface area (Å²) in [6, 6.07) is 20.1. The first kappa shape index (κ1) is 28.1. The molecule has 0 aliphatic heterocycles. The first-order valence-corrected chi connectivity index (χ1v) is 13.1. The predicted octanol–water partition coefficient (Wildman–Crippen LogP) is 6.95. The van der Waals surface area contributed by atoms with E-state index in [0.717, 1.165) is 20.5 Å². The van der Waals surface area contributed by atoms with Crippen molar-refractivity contribution in [2.75, 3.05) is 11.9 Å². The van der Waals surface area contributed by atoms with E-state index in [4.69, 9.17) is 10.1 Å². The molecule has 1 heterocycles. The molecule has 0 aliphatic rings. The number of hydrogen-bond donors (Lipinski definition) is 3. The zero-order chi connectivity index (χ0) is 28.0. The standard InChI is InChI=1S/C27H21BrF3N3O4S/c28-20-9-5-18(6-10-20)24-23(17-7-11-21(12-8-17)38-27(29,30)31)34-26(39-24)33-15-16-1-3-19(4-2-16)25(37)32-14-13-22(35)36/h1-12H,13-15H2,(H,32,37)(H,33,34)(H,35,36). The van der Waals surface area contributed by atoms with Gasteiger partial charge in [-0.05, 0) is 59.7 Å². The lowest BCUT2D eigenvalue weighted by atomic mass is 10.1. The number of aliphatic carboxylic acids is 1. The molecular formula is C27H21BrF3N3O4S. The fourth-order valence-electron chi connectivity index (χ4n) is 3.54. The lowest BCUT2D eigenvalue weighted by molar-refractivity contribution is -0.274. The van der Waals surface area contributed by atoms with Crippen LogP contribution in [0, 0.1) is 0 Å². The number of halogens is 4. The van der Waals surface area contributed by atoms with Crippen LogP contribution in [-0.2, 0) is 11.3 Å². The monoisotopic (exact) mass is 619 g/mol. The van der Waals surface area contributed by atoms with Gasteiger partial charge in [0.25, 0.3) is 5.91 Å². The summed E-state index contributed by atoms with van der Waals surface area (Å²) in [5.74, 6) is -1.66. The van der Waals surface area contributed by atoms with Crippen LogP contribution in [0.15, 0.2) is 77.3 Å². The molecule has 3 N–H and O–H groups in total. The van der Waals surface area contributed by atoms with Crippen LogP contribution in [0.1, 0.15) is 22.3 Å². The molecule has 0 fully saturated rings. The molecular weight excluding hydrogens is 599 g/mol. The molecule has 0 atom stereocenters. The Bertz CT molecular complexity index is 1440. The van der Waals surface area contributed by atoms with Gasteiger partial charge in [-0.15, -0.1) is 13.2 Å². The zero-order valence-electron chi connectivity index (χ0n) is 20.1. The van der Waals surface area contributed by atoms with Crippen molar-refractivity contribution < 1.29 is 32.6 Å². The molecule has 1 aromatic heterocycles. The molecule has 0 saturated carbocycles. The van der Waals surface area contributed by atoms with Crippen molar-refractivity contribution in [3.63, 3.8) is 0 Å². The molecule has 0 bridgehead atoms. The number of nitrogens with one attached hydrogen (secondary N) is 2. The maximum Gasteiger partial charge on any atom is 0.573 e. The SMILES string of the molecule is O=C(O)CCNC(=O)c1ccc(CNc2nc(-c3ccc(OC(F)(F)F)cc3)c(-c3ccc(Br)cc3)s2)cc1. The number of rotatable bonds is 10. The highest BCUT2D eigenvalue weighted by molar-refractivity contribution is 9.10. The molecule has 0 unspecified atom stereocenters. The van der Waals surface area contributed by atoms with Crippen LogP contribution in [0.25, 0.3) is 21.7 Å². The Morgan fingerprint density at radius 1 is 0.949 bits per heavy atom. The number of hydrogen-bond acceptors (Lipinski definition) is 6. The van der Waals surface area contributed by atoms with Gasteiger partial charge in [0.1, 0.15) is 5.75 Å². The average molecular weight is 620 g/mol. The second-order valence-corrected chi connectivity index (χ2v) is 10.1. The first-order chi connectivity index (χ1) is 18.6. The summed E-state index contributed by atoms with van der Waals surface area (Å²) in [5, 5.41) is 15.1. The minimum atomic E-state index is -4.77. The number of benzene rings is 3. The number of carboxylic acids is 1. The quantitative estimate of drug-likeness (QED) is 0.177. The van der Waals surface area contributed by atoms with Crippen LogP contribution < -0.4 is 15.4 Å². The summed E-state index contributed by atoms with van der Waals surface area (Å²) < 4.78 is 42.6. The van der Waals surface area contributed by atoms with E-state index in [0.29, 0.717) is 28.5 Å². The van der Waals surface area contributed by atoms with Crippen LogP contribution in [-0.4, -0.2) is 34.9 Å². The van der Waals surface area contributed by atoms with E-state index in [1.54, 1.807) is 24.3 Å². The maximum atomic E-state index is 12.6. The fraction of sp³-hybridized carbons (Fsp3) is 0.148. The number of carbonyl (C=O) groups is 2. The number of alkyl halides is 3. The molecule has 12 heteroatoms. The minimum Gasteiger partial charge on any atom is -0.481 e. The van der Waals surface area contributed by atoms with Crippen LogP contribution in [0.2, 0.25) is 0 Å². The topological polar surface area (TPSA) is 101 Å². The summed E-state index contributed by atoms with van der Waals surface area (Å²) in [6.07, 6.45) is -4.93. The summed E-state index contributed by atoms with van der Waals surface area (Å²) in [6.45, 7) is 0.453. The lowest BCUT2D eigenvalue weighted by Crippen LogP contribution is -2.25. The van der Waals surface area contributed by atoms with Gasteiger partial charge >= 0.3 is 12.3 Å². The van der Waals surface area contributed by atoms with Gasteiger partial charge in [0, 0.05) is 28.7 Å². The number of anilines is 1. The van der Waals surface area contributed by atoms with E-state index in [2.05, 4.69) is 31.3 Å². The van der Waals surface area contributed by atoms with E-state index in [9.17, 15) is 22.8 Å². The highest BCUT2D eigenvalue weighted by Crippen LogP contribution is 2.40. The van der Waals surface area contributed by atoms with Gasteiger partial charge in [0.2, 0.25) is 0 Å². The van der Waals surface area contributed by atoms with Gasteiger partial charge in [-0.25, -0.2) is 4.98 Å². The van der Waals surface area contributed by atoms with Gasteiger partial charge in [-0.3, -0.25) is 9.59 Å². The third-order valence-electron chi connectivity index (χ3n) is 5.38. The van der Waals surface area contributed by atoms with Crippen LogP contribution in [0.3, 0.4) is 0 Å². The van der Waals surface area contributed by atoms with E-state index in [1.807, 2.05) is 24.3 Å². The Morgan fingerprint density at radius 2 is 1.59 bits per heavy atom. The smallest absolute Gasteiger partial charge is 0.481 e. The van der Waals surface area contributed by atoms with Crippen molar-refractivity contribution in [1.82, 2.24) is 10.3 Å². The van der Waals surface area contributed by atoms with Gasteiger partial charge < -0.3 is 20.5 Å². The number of aromatic nitrogens is 1. The van der Waals surface area contributed by atoms with Crippen LogP contribution in [0.5, 0.6) is 5.75 Å². The van der Waals surface area contributed by atoms with Crippen molar-refractivity contribution in [3.8, 4) is 27.4 Å².